The molecule has 1 aromatic carbocycles. The van der Waals surface area contributed by atoms with Crippen LogP contribution in [0.15, 0.2) is 30.3 Å². The van der Waals surface area contributed by atoms with E-state index in [0.29, 0.717) is 6.42 Å². The van der Waals surface area contributed by atoms with E-state index in [-0.39, 0.29) is 6.61 Å². The Balaban J connectivity index is 2.31. The predicted octanol–water partition coefficient (Wildman–Crippen LogP) is 1.50. The minimum Gasteiger partial charge on any atom is -0.395 e. The lowest BCUT2D eigenvalue weighted by Crippen LogP contribution is -2.17. The molecule has 0 saturated heterocycles. The summed E-state index contributed by atoms with van der Waals surface area (Å²) in [4.78, 5) is 2.15. The minimum absolute atomic E-state index is 0.148. The van der Waals surface area contributed by atoms with Gasteiger partial charge in [0.15, 0.2) is 0 Å². The average Bonchev–Trinajstić information content (AvgIpc) is 2.26. The normalized spacial score (nSPS) is 9.80. The zero-order valence-electron chi connectivity index (χ0n) is 9.11. The number of rotatable bonds is 4. The molecule has 0 saturated carbocycles. The molecule has 15 heavy (non-hydrogen) atoms. The van der Waals surface area contributed by atoms with Crippen LogP contribution in [0.3, 0.4) is 0 Å². The molecular formula is C13H17NO. The van der Waals surface area contributed by atoms with E-state index in [0.717, 1.165) is 13.1 Å². The molecule has 0 aliphatic heterocycles. The fraction of sp³-hybridized carbons (Fsp3) is 0.385. The zero-order valence-corrected chi connectivity index (χ0v) is 9.11. The van der Waals surface area contributed by atoms with Crippen LogP contribution in [-0.4, -0.2) is 30.2 Å². The summed E-state index contributed by atoms with van der Waals surface area (Å²) in [6.07, 6.45) is 0.569. The molecular weight excluding hydrogens is 186 g/mol. The largest absolute Gasteiger partial charge is 0.395 e. The third-order valence-corrected chi connectivity index (χ3v) is 2.01. The molecule has 0 heterocycles. The molecule has 1 rings (SSSR count). The molecule has 0 unspecified atom stereocenters. The Kier molecular flexibility index (Phi) is 5.54. The summed E-state index contributed by atoms with van der Waals surface area (Å²) in [5.41, 5.74) is 1.30. The highest BCUT2D eigenvalue weighted by atomic mass is 16.2. The molecule has 0 amide bonds. The second kappa shape index (κ2) is 7.05. The second-order valence-corrected chi connectivity index (χ2v) is 3.49. The molecule has 0 aliphatic rings. The molecule has 1 aromatic rings. The first-order valence-electron chi connectivity index (χ1n) is 5.12. The Bertz CT molecular complexity index is 323. The quantitative estimate of drug-likeness (QED) is 0.750. The van der Waals surface area contributed by atoms with E-state index in [9.17, 15) is 0 Å². The van der Waals surface area contributed by atoms with Crippen LogP contribution < -0.4 is 0 Å². The molecule has 2 nitrogen and oxygen atoms in total. The Morgan fingerprint density at radius 1 is 1.20 bits per heavy atom. The summed E-state index contributed by atoms with van der Waals surface area (Å²) in [5.74, 6) is 5.93. The van der Waals surface area contributed by atoms with Crippen LogP contribution in [0.25, 0.3) is 0 Å². The maximum absolute atomic E-state index is 8.55. The van der Waals surface area contributed by atoms with E-state index in [1.807, 2.05) is 25.2 Å². The lowest BCUT2D eigenvalue weighted by atomic mass is 10.2. The summed E-state index contributed by atoms with van der Waals surface area (Å²) in [7, 11) is 2.04. The number of benzene rings is 1. The predicted molar refractivity (Wildman–Crippen MR) is 62.3 cm³/mol. The maximum Gasteiger partial charge on any atom is 0.0601 e. The van der Waals surface area contributed by atoms with Crippen LogP contribution in [0.4, 0.5) is 0 Å². The zero-order chi connectivity index (χ0) is 10.9. The van der Waals surface area contributed by atoms with Crippen molar-refractivity contribution in [3.8, 4) is 11.8 Å². The molecule has 0 spiro atoms. The summed E-state index contributed by atoms with van der Waals surface area (Å²) in [5, 5.41) is 8.55. The summed E-state index contributed by atoms with van der Waals surface area (Å²) >= 11 is 0. The fourth-order valence-electron chi connectivity index (χ4n) is 1.29. The minimum atomic E-state index is 0.148. The van der Waals surface area contributed by atoms with Gasteiger partial charge in [-0.2, -0.15) is 0 Å². The summed E-state index contributed by atoms with van der Waals surface area (Å²) < 4.78 is 0. The van der Waals surface area contributed by atoms with E-state index in [4.69, 9.17) is 5.11 Å². The van der Waals surface area contributed by atoms with E-state index >= 15 is 0 Å². The third kappa shape index (κ3) is 5.21. The number of nitrogens with zero attached hydrogens (tertiary/aromatic N) is 1. The van der Waals surface area contributed by atoms with Gasteiger partial charge in [-0.1, -0.05) is 42.2 Å². The average molecular weight is 203 g/mol. The van der Waals surface area contributed by atoms with Gasteiger partial charge in [0.2, 0.25) is 0 Å². The van der Waals surface area contributed by atoms with Crippen molar-refractivity contribution in [1.82, 2.24) is 4.90 Å². The van der Waals surface area contributed by atoms with Crippen molar-refractivity contribution in [2.75, 3.05) is 20.2 Å². The third-order valence-electron chi connectivity index (χ3n) is 2.01. The highest BCUT2D eigenvalue weighted by molar-refractivity contribution is 5.14. The van der Waals surface area contributed by atoms with Crippen LogP contribution in [0.1, 0.15) is 12.0 Å². The van der Waals surface area contributed by atoms with Crippen LogP contribution in [0, 0.1) is 11.8 Å². The van der Waals surface area contributed by atoms with E-state index < -0.39 is 0 Å². The molecule has 2 heteroatoms. The molecule has 0 fully saturated rings. The van der Waals surface area contributed by atoms with Gasteiger partial charge in [-0.25, -0.2) is 0 Å². The van der Waals surface area contributed by atoms with Gasteiger partial charge in [0.25, 0.3) is 0 Å². The van der Waals surface area contributed by atoms with Crippen LogP contribution in [0.2, 0.25) is 0 Å². The Labute approximate surface area is 91.5 Å². The van der Waals surface area contributed by atoms with Gasteiger partial charge in [0.05, 0.1) is 13.2 Å². The number of hydrogen-bond acceptors (Lipinski definition) is 2. The molecule has 0 aromatic heterocycles. The SMILES string of the molecule is CN(CC#CCCO)Cc1ccccc1. The second-order valence-electron chi connectivity index (χ2n) is 3.49. The van der Waals surface area contributed by atoms with Crippen molar-refractivity contribution in [2.45, 2.75) is 13.0 Å². The molecule has 80 valence electrons. The van der Waals surface area contributed by atoms with Gasteiger partial charge in [-0.05, 0) is 12.6 Å². The molecule has 0 radical (unpaired) electrons. The van der Waals surface area contributed by atoms with Crippen molar-refractivity contribution in [1.29, 1.82) is 0 Å². The van der Waals surface area contributed by atoms with Gasteiger partial charge in [-0.3, -0.25) is 4.90 Å². The molecule has 1 N–H and O–H groups in total. The molecule has 0 aliphatic carbocycles. The molecule has 0 atom stereocenters. The number of hydrogen-bond donors (Lipinski definition) is 1. The Hall–Kier alpha value is -1.30. The van der Waals surface area contributed by atoms with Crippen molar-refractivity contribution >= 4 is 0 Å². The van der Waals surface area contributed by atoms with E-state index in [1.54, 1.807) is 0 Å². The first-order chi connectivity index (χ1) is 7.33. The van der Waals surface area contributed by atoms with Crippen molar-refractivity contribution < 1.29 is 5.11 Å². The lowest BCUT2D eigenvalue weighted by molar-refractivity contribution is 0.305. The topological polar surface area (TPSA) is 23.5 Å². The van der Waals surface area contributed by atoms with Crippen molar-refractivity contribution in [2.24, 2.45) is 0 Å². The number of aliphatic hydroxyl groups is 1. The van der Waals surface area contributed by atoms with Crippen LogP contribution in [0.5, 0.6) is 0 Å². The molecule has 0 bridgehead atoms. The van der Waals surface area contributed by atoms with Crippen LogP contribution >= 0.6 is 0 Å². The van der Waals surface area contributed by atoms with E-state index in [1.165, 1.54) is 5.56 Å². The van der Waals surface area contributed by atoms with Gasteiger partial charge < -0.3 is 5.11 Å². The first kappa shape index (κ1) is 11.8. The summed E-state index contributed by atoms with van der Waals surface area (Å²) in [6, 6.07) is 10.3. The van der Waals surface area contributed by atoms with Gasteiger partial charge in [0.1, 0.15) is 0 Å². The Morgan fingerprint density at radius 2 is 1.93 bits per heavy atom. The van der Waals surface area contributed by atoms with E-state index in [2.05, 4.69) is 28.9 Å². The highest BCUT2D eigenvalue weighted by Gasteiger charge is 1.96. The maximum atomic E-state index is 8.55. The smallest absolute Gasteiger partial charge is 0.0601 e. The van der Waals surface area contributed by atoms with Gasteiger partial charge >= 0.3 is 0 Å². The van der Waals surface area contributed by atoms with Gasteiger partial charge in [-0.15, -0.1) is 0 Å². The standard InChI is InChI=1S/C13H17NO/c1-14(10-6-3-7-11-15)12-13-8-4-2-5-9-13/h2,4-5,8-9,15H,7,10-12H2,1H3. The highest BCUT2D eigenvalue weighted by Crippen LogP contribution is 2.01. The van der Waals surface area contributed by atoms with Crippen molar-refractivity contribution in [3.05, 3.63) is 35.9 Å². The van der Waals surface area contributed by atoms with Crippen molar-refractivity contribution in [3.63, 3.8) is 0 Å². The fourth-order valence-corrected chi connectivity index (χ4v) is 1.29. The first-order valence-corrected chi connectivity index (χ1v) is 5.12. The number of aliphatic hydroxyl groups excluding tert-OH is 1. The monoisotopic (exact) mass is 203 g/mol. The van der Waals surface area contributed by atoms with Crippen LogP contribution in [-0.2, 0) is 6.54 Å². The lowest BCUT2D eigenvalue weighted by Gasteiger charge is -2.12. The Morgan fingerprint density at radius 3 is 2.60 bits per heavy atom. The summed E-state index contributed by atoms with van der Waals surface area (Å²) in [6.45, 7) is 1.80. The van der Waals surface area contributed by atoms with Gasteiger partial charge in [0, 0.05) is 13.0 Å².